The summed E-state index contributed by atoms with van der Waals surface area (Å²) in [6, 6.07) is -1.04. The summed E-state index contributed by atoms with van der Waals surface area (Å²) in [5, 5.41) is 72.6. The SMILES string of the molecule is CC(=O)N[C@H]1[C@H](O[C@@H]2[C@@H](OC[C@@H]3C[C@H](O)[C@@H](O)[C@H](O)O3)O[C@H](C)[C@@H](O)[C@@H]2O)O[C@H](CO)C[C@@H]1O. The van der Waals surface area contributed by atoms with Crippen molar-refractivity contribution < 1.29 is 64.2 Å². The van der Waals surface area contributed by atoms with Gasteiger partial charge in [0.25, 0.3) is 0 Å². The minimum atomic E-state index is -1.62. The minimum absolute atomic E-state index is 0.0279. The van der Waals surface area contributed by atoms with Crippen LogP contribution in [0, 0.1) is 0 Å². The highest BCUT2D eigenvalue weighted by molar-refractivity contribution is 5.73. The Hall–Kier alpha value is -1.01. The Balaban J connectivity index is 1.73. The van der Waals surface area contributed by atoms with Crippen LogP contribution < -0.4 is 5.32 Å². The summed E-state index contributed by atoms with van der Waals surface area (Å²) in [5.74, 6) is -0.473. The molecule has 14 heteroatoms. The highest BCUT2D eigenvalue weighted by atomic mass is 16.8. The summed E-state index contributed by atoms with van der Waals surface area (Å²) in [6.07, 6.45) is -14.8. The van der Waals surface area contributed by atoms with E-state index >= 15 is 0 Å². The van der Waals surface area contributed by atoms with Crippen LogP contribution in [0.3, 0.4) is 0 Å². The van der Waals surface area contributed by atoms with Gasteiger partial charge in [0, 0.05) is 19.8 Å². The number of rotatable bonds is 7. The zero-order chi connectivity index (χ0) is 25.2. The first kappa shape index (κ1) is 27.6. The van der Waals surface area contributed by atoms with Crippen molar-refractivity contribution in [3.8, 4) is 0 Å². The van der Waals surface area contributed by atoms with E-state index in [9.17, 15) is 40.5 Å². The van der Waals surface area contributed by atoms with Crippen molar-refractivity contribution in [1.82, 2.24) is 5.32 Å². The summed E-state index contributed by atoms with van der Waals surface area (Å²) < 4.78 is 28.0. The van der Waals surface area contributed by atoms with Crippen LogP contribution in [0.5, 0.6) is 0 Å². The lowest BCUT2D eigenvalue weighted by atomic mass is 9.97. The third-order valence-corrected chi connectivity index (χ3v) is 6.16. The molecular formula is C20H35NO13. The molecule has 3 fully saturated rings. The Morgan fingerprint density at radius 1 is 0.912 bits per heavy atom. The number of carbonyl (C=O) groups excluding carboxylic acids is 1. The fourth-order valence-electron chi connectivity index (χ4n) is 4.24. The summed E-state index contributed by atoms with van der Waals surface area (Å²) in [6.45, 7) is 2.08. The second kappa shape index (κ2) is 11.8. The van der Waals surface area contributed by atoms with Crippen LogP contribution in [0.1, 0.15) is 26.7 Å². The maximum atomic E-state index is 11.6. The highest BCUT2D eigenvalue weighted by Gasteiger charge is 2.49. The van der Waals surface area contributed by atoms with Gasteiger partial charge in [0.1, 0.15) is 30.5 Å². The van der Waals surface area contributed by atoms with Gasteiger partial charge in [-0.1, -0.05) is 0 Å². The van der Waals surface area contributed by atoms with Gasteiger partial charge in [0.15, 0.2) is 18.9 Å². The van der Waals surface area contributed by atoms with E-state index in [2.05, 4.69) is 5.32 Å². The molecule has 3 heterocycles. The molecule has 8 N–H and O–H groups in total. The van der Waals surface area contributed by atoms with Crippen LogP contribution in [0.4, 0.5) is 0 Å². The number of ether oxygens (including phenoxy) is 5. The predicted molar refractivity (Wildman–Crippen MR) is 109 cm³/mol. The molecule has 198 valence electrons. The fourth-order valence-corrected chi connectivity index (χ4v) is 4.24. The van der Waals surface area contributed by atoms with Crippen molar-refractivity contribution >= 4 is 5.91 Å². The van der Waals surface area contributed by atoms with Crippen molar-refractivity contribution in [2.45, 2.75) is 107 Å². The van der Waals surface area contributed by atoms with E-state index in [1.54, 1.807) is 0 Å². The summed E-state index contributed by atoms with van der Waals surface area (Å²) in [4.78, 5) is 11.6. The van der Waals surface area contributed by atoms with E-state index in [4.69, 9.17) is 23.7 Å². The zero-order valence-corrected chi connectivity index (χ0v) is 18.9. The van der Waals surface area contributed by atoms with Crippen LogP contribution in [0.2, 0.25) is 0 Å². The molecule has 0 aromatic rings. The average Bonchev–Trinajstić information content (AvgIpc) is 2.78. The van der Waals surface area contributed by atoms with E-state index < -0.39 is 92.4 Å². The predicted octanol–water partition coefficient (Wildman–Crippen LogP) is -4.34. The smallest absolute Gasteiger partial charge is 0.217 e. The number of nitrogens with one attached hydrogen (secondary N) is 1. The fraction of sp³-hybridized carbons (Fsp3) is 0.950. The Morgan fingerprint density at radius 2 is 1.59 bits per heavy atom. The van der Waals surface area contributed by atoms with Crippen molar-refractivity contribution in [1.29, 1.82) is 0 Å². The molecule has 1 amide bonds. The number of hydrogen-bond donors (Lipinski definition) is 8. The van der Waals surface area contributed by atoms with E-state index in [1.807, 2.05) is 0 Å². The molecule has 0 bridgehead atoms. The van der Waals surface area contributed by atoms with Gasteiger partial charge in [-0.25, -0.2) is 0 Å². The van der Waals surface area contributed by atoms with E-state index in [-0.39, 0.29) is 19.4 Å². The topological polar surface area (TPSA) is 217 Å². The molecule has 0 saturated carbocycles. The molecule has 0 aromatic carbocycles. The van der Waals surface area contributed by atoms with Gasteiger partial charge in [0.2, 0.25) is 5.91 Å². The van der Waals surface area contributed by atoms with Crippen LogP contribution >= 0.6 is 0 Å². The van der Waals surface area contributed by atoms with Crippen LogP contribution in [0.25, 0.3) is 0 Å². The molecule has 0 radical (unpaired) electrons. The molecule has 0 spiro atoms. The lowest BCUT2D eigenvalue weighted by Gasteiger charge is -2.46. The van der Waals surface area contributed by atoms with Gasteiger partial charge < -0.3 is 64.7 Å². The zero-order valence-electron chi connectivity index (χ0n) is 18.9. The molecular weight excluding hydrogens is 462 g/mol. The molecule has 34 heavy (non-hydrogen) atoms. The van der Waals surface area contributed by atoms with Crippen LogP contribution in [0.15, 0.2) is 0 Å². The third-order valence-electron chi connectivity index (χ3n) is 6.16. The van der Waals surface area contributed by atoms with Crippen LogP contribution in [-0.2, 0) is 28.5 Å². The summed E-state index contributed by atoms with van der Waals surface area (Å²) in [7, 11) is 0. The maximum absolute atomic E-state index is 11.6. The van der Waals surface area contributed by atoms with Crippen molar-refractivity contribution in [2.75, 3.05) is 13.2 Å². The number of amides is 1. The van der Waals surface area contributed by atoms with Gasteiger partial charge in [-0.15, -0.1) is 0 Å². The maximum Gasteiger partial charge on any atom is 0.217 e. The largest absolute Gasteiger partial charge is 0.394 e. The number of hydrogen-bond acceptors (Lipinski definition) is 13. The van der Waals surface area contributed by atoms with E-state index in [0.29, 0.717) is 0 Å². The molecule has 3 aliphatic rings. The monoisotopic (exact) mass is 497 g/mol. The summed E-state index contributed by atoms with van der Waals surface area (Å²) >= 11 is 0. The second-order valence-corrected chi connectivity index (χ2v) is 8.91. The Bertz CT molecular complexity index is 658. The molecule has 0 aromatic heterocycles. The third kappa shape index (κ3) is 6.40. The van der Waals surface area contributed by atoms with Gasteiger partial charge >= 0.3 is 0 Å². The summed E-state index contributed by atoms with van der Waals surface area (Å²) in [5.41, 5.74) is 0. The second-order valence-electron chi connectivity index (χ2n) is 8.91. The Morgan fingerprint density at radius 3 is 2.21 bits per heavy atom. The molecule has 0 unspecified atom stereocenters. The Kier molecular flexibility index (Phi) is 9.58. The molecule has 3 aliphatic heterocycles. The van der Waals surface area contributed by atoms with Gasteiger partial charge in [-0.3, -0.25) is 4.79 Å². The van der Waals surface area contributed by atoms with Crippen molar-refractivity contribution in [3.63, 3.8) is 0 Å². The number of aliphatic hydroxyl groups excluding tert-OH is 7. The highest BCUT2D eigenvalue weighted by Crippen LogP contribution is 2.30. The molecule has 0 aliphatic carbocycles. The molecule has 13 atom stereocenters. The first-order valence-electron chi connectivity index (χ1n) is 11.2. The lowest BCUT2D eigenvalue weighted by molar-refractivity contribution is -0.350. The van der Waals surface area contributed by atoms with E-state index in [0.717, 1.165) is 0 Å². The van der Waals surface area contributed by atoms with Gasteiger partial charge in [-0.2, -0.15) is 0 Å². The first-order valence-corrected chi connectivity index (χ1v) is 11.2. The van der Waals surface area contributed by atoms with Crippen molar-refractivity contribution in [3.05, 3.63) is 0 Å². The quantitative estimate of drug-likeness (QED) is 0.167. The standard InChI is InChI=1S/C20H35NO13/c1-7-14(26)16(28)17(20(31-7)30-6-10-4-12(25)15(27)18(29)32-10)34-19-13(21-8(2)23)11(24)3-9(5-22)33-19/h7,9-20,22,24-29H,3-6H2,1-2H3,(H,21,23)/t7-,9+,10+,11+,12+,13-,14-,15-,16+,17+,18-,19+,20+/m1/s1. The molecule has 14 nitrogen and oxygen atoms in total. The number of aliphatic hydroxyl groups is 7. The number of carbonyl (C=O) groups is 1. The Labute approximate surface area is 195 Å². The van der Waals surface area contributed by atoms with Crippen molar-refractivity contribution in [2.24, 2.45) is 0 Å². The normalized spacial score (nSPS) is 47.9. The first-order chi connectivity index (χ1) is 16.0. The van der Waals surface area contributed by atoms with Gasteiger partial charge in [-0.05, 0) is 6.92 Å². The minimum Gasteiger partial charge on any atom is -0.394 e. The van der Waals surface area contributed by atoms with E-state index in [1.165, 1.54) is 13.8 Å². The average molecular weight is 497 g/mol. The molecule has 3 saturated heterocycles. The molecule has 3 rings (SSSR count). The van der Waals surface area contributed by atoms with Crippen LogP contribution in [-0.4, -0.2) is 135 Å². The van der Waals surface area contributed by atoms with Gasteiger partial charge in [0.05, 0.1) is 43.7 Å². The lowest BCUT2D eigenvalue weighted by Crippen LogP contribution is -2.64.